The van der Waals surface area contributed by atoms with Crippen molar-refractivity contribution in [1.82, 2.24) is 19.8 Å². The number of primary amides is 1. The summed E-state index contributed by atoms with van der Waals surface area (Å²) < 4.78 is 2.17. The van der Waals surface area contributed by atoms with E-state index in [0.717, 1.165) is 56.0 Å². The predicted octanol–water partition coefficient (Wildman–Crippen LogP) is 3.76. The Hall–Kier alpha value is -2.62. The number of amides is 1. The number of carbonyl (C=O) groups excluding carboxylic acids is 1. The van der Waals surface area contributed by atoms with Crippen LogP contribution in [0.1, 0.15) is 37.3 Å². The molecule has 1 aliphatic heterocycles. The highest BCUT2D eigenvalue weighted by Gasteiger charge is 2.23. The summed E-state index contributed by atoms with van der Waals surface area (Å²) >= 11 is 0. The van der Waals surface area contributed by atoms with Crippen LogP contribution >= 0.6 is 24.0 Å². The summed E-state index contributed by atoms with van der Waals surface area (Å²) in [6.45, 7) is 6.09. The van der Waals surface area contributed by atoms with Crippen molar-refractivity contribution in [1.29, 1.82) is 0 Å². The molecule has 4 rings (SSSR count). The Kier molecular flexibility index (Phi) is 9.11. The smallest absolute Gasteiger partial charge is 0.217 e. The van der Waals surface area contributed by atoms with Crippen LogP contribution in [-0.2, 0) is 17.9 Å². The van der Waals surface area contributed by atoms with Gasteiger partial charge in [0.1, 0.15) is 0 Å². The Morgan fingerprint density at radius 2 is 1.94 bits per heavy atom. The van der Waals surface area contributed by atoms with Crippen LogP contribution in [0, 0.1) is 5.92 Å². The number of nitrogens with zero attached hydrogens (tertiary/aromatic N) is 4. The number of hydrogen-bond acceptors (Lipinski definition) is 3. The molecular formula is C25H33IN6O. The first-order chi connectivity index (χ1) is 15.6. The quantitative estimate of drug-likeness (QED) is 0.262. The summed E-state index contributed by atoms with van der Waals surface area (Å²) in [6.07, 6.45) is 4.45. The normalized spacial score (nSPS) is 16.5. The average molecular weight is 560 g/mol. The molecule has 1 aromatic heterocycles. The number of piperidine rings is 1. The van der Waals surface area contributed by atoms with Crippen molar-refractivity contribution in [3.8, 4) is 0 Å². The fraction of sp³-hybridized carbons (Fsp3) is 0.400. The number of para-hydroxylation sites is 2. The maximum atomic E-state index is 11.3. The van der Waals surface area contributed by atoms with E-state index < -0.39 is 0 Å². The van der Waals surface area contributed by atoms with Crippen LogP contribution in [0.2, 0.25) is 0 Å². The van der Waals surface area contributed by atoms with Gasteiger partial charge in [-0.2, -0.15) is 0 Å². The van der Waals surface area contributed by atoms with Crippen LogP contribution < -0.4 is 11.1 Å². The number of carbonyl (C=O) groups is 1. The molecule has 0 aliphatic carbocycles. The minimum absolute atomic E-state index is 0. The van der Waals surface area contributed by atoms with Gasteiger partial charge in [0.2, 0.25) is 5.91 Å². The molecule has 176 valence electrons. The van der Waals surface area contributed by atoms with E-state index in [2.05, 4.69) is 57.0 Å². The van der Waals surface area contributed by atoms with Crippen molar-refractivity contribution in [3.05, 3.63) is 66.0 Å². The van der Waals surface area contributed by atoms with Gasteiger partial charge in [0, 0.05) is 32.6 Å². The van der Waals surface area contributed by atoms with Crippen molar-refractivity contribution in [2.24, 2.45) is 16.6 Å². The van der Waals surface area contributed by atoms with Crippen LogP contribution in [-0.4, -0.2) is 46.0 Å². The number of imidazole rings is 1. The molecule has 7 nitrogen and oxygen atoms in total. The average Bonchev–Trinajstić information content (AvgIpc) is 3.20. The number of benzene rings is 2. The summed E-state index contributed by atoms with van der Waals surface area (Å²) in [6, 6.07) is 16.8. The van der Waals surface area contributed by atoms with Crippen molar-refractivity contribution in [2.75, 3.05) is 19.6 Å². The molecule has 1 amide bonds. The van der Waals surface area contributed by atoms with Gasteiger partial charge in [-0.25, -0.2) is 9.98 Å². The number of fused-ring (bicyclic) bond motifs is 1. The van der Waals surface area contributed by atoms with Gasteiger partial charge < -0.3 is 20.5 Å². The first-order valence-electron chi connectivity index (χ1n) is 11.4. The molecule has 0 saturated carbocycles. The molecule has 1 unspecified atom stereocenters. The van der Waals surface area contributed by atoms with E-state index in [0.29, 0.717) is 18.9 Å². The van der Waals surface area contributed by atoms with Crippen LogP contribution in [0.25, 0.3) is 11.0 Å². The molecule has 3 aromatic rings. The van der Waals surface area contributed by atoms with Gasteiger partial charge >= 0.3 is 0 Å². The summed E-state index contributed by atoms with van der Waals surface area (Å²) in [5.41, 5.74) is 9.98. The molecule has 1 atom stereocenters. The Labute approximate surface area is 212 Å². The highest BCUT2D eigenvalue weighted by Crippen LogP contribution is 2.20. The first-order valence-corrected chi connectivity index (χ1v) is 11.4. The lowest BCUT2D eigenvalue weighted by molar-refractivity contribution is -0.119. The first kappa shape index (κ1) is 25.0. The van der Waals surface area contributed by atoms with E-state index >= 15 is 0 Å². The van der Waals surface area contributed by atoms with Gasteiger partial charge in [-0.05, 0) is 48.9 Å². The summed E-state index contributed by atoms with van der Waals surface area (Å²) in [5, 5.41) is 3.40. The number of halogens is 1. The van der Waals surface area contributed by atoms with Crippen molar-refractivity contribution in [2.45, 2.75) is 39.3 Å². The molecule has 8 heteroatoms. The van der Waals surface area contributed by atoms with Crippen LogP contribution in [0.5, 0.6) is 0 Å². The van der Waals surface area contributed by atoms with Gasteiger partial charge in [-0.15, -0.1) is 24.0 Å². The summed E-state index contributed by atoms with van der Waals surface area (Å²) in [4.78, 5) is 22.9. The zero-order valence-electron chi connectivity index (χ0n) is 19.1. The number of aliphatic imine (C=N–C) groups is 1. The van der Waals surface area contributed by atoms with Crippen molar-refractivity contribution >= 4 is 46.9 Å². The lowest BCUT2D eigenvalue weighted by atomic mass is 9.95. The molecule has 0 bridgehead atoms. The number of likely N-dealkylation sites (tertiary alicyclic amines) is 1. The Balaban J connectivity index is 0.00000306. The Morgan fingerprint density at radius 3 is 2.70 bits per heavy atom. The van der Waals surface area contributed by atoms with Gasteiger partial charge in [0.25, 0.3) is 0 Å². The summed E-state index contributed by atoms with van der Waals surface area (Å²) in [7, 11) is 0. The minimum Gasteiger partial charge on any atom is -0.370 e. The molecule has 3 N–H and O–H groups in total. The lowest BCUT2D eigenvalue weighted by Gasteiger charge is -2.34. The van der Waals surface area contributed by atoms with E-state index in [4.69, 9.17) is 10.7 Å². The number of nitrogens with two attached hydrogens (primary N) is 1. The molecular weight excluding hydrogens is 527 g/mol. The molecule has 1 fully saturated rings. The third-order valence-corrected chi connectivity index (χ3v) is 5.96. The van der Waals surface area contributed by atoms with E-state index in [-0.39, 0.29) is 29.9 Å². The van der Waals surface area contributed by atoms with Crippen molar-refractivity contribution in [3.63, 3.8) is 0 Å². The van der Waals surface area contributed by atoms with Gasteiger partial charge in [0.15, 0.2) is 5.96 Å². The van der Waals surface area contributed by atoms with Gasteiger partial charge in [-0.1, -0.05) is 36.4 Å². The zero-order valence-corrected chi connectivity index (χ0v) is 21.4. The van der Waals surface area contributed by atoms with Crippen LogP contribution in [0.15, 0.2) is 59.9 Å². The highest BCUT2D eigenvalue weighted by atomic mass is 127. The second-order valence-electron chi connectivity index (χ2n) is 8.47. The second-order valence-corrected chi connectivity index (χ2v) is 8.47. The molecule has 0 spiro atoms. The molecule has 1 aliphatic rings. The third-order valence-electron chi connectivity index (χ3n) is 5.96. The monoisotopic (exact) mass is 560 g/mol. The van der Waals surface area contributed by atoms with E-state index in [1.807, 2.05) is 24.5 Å². The Bertz CT molecular complexity index is 1080. The number of hydrogen-bond donors (Lipinski definition) is 2. The van der Waals surface area contributed by atoms with E-state index in [1.165, 1.54) is 11.1 Å². The maximum Gasteiger partial charge on any atom is 0.217 e. The van der Waals surface area contributed by atoms with E-state index in [1.54, 1.807) is 0 Å². The van der Waals surface area contributed by atoms with Gasteiger partial charge in [0.05, 0.1) is 23.9 Å². The molecule has 2 aromatic carbocycles. The highest BCUT2D eigenvalue weighted by molar-refractivity contribution is 14.0. The van der Waals surface area contributed by atoms with Crippen LogP contribution in [0.3, 0.4) is 0 Å². The Morgan fingerprint density at radius 1 is 1.18 bits per heavy atom. The SMILES string of the molecule is CCNC(=NCc1ccc(Cn2cnc3ccccc32)cc1)N1CCCC(CC(N)=O)C1.I. The molecule has 0 radical (unpaired) electrons. The molecule has 33 heavy (non-hydrogen) atoms. The van der Waals surface area contributed by atoms with Gasteiger partial charge in [-0.3, -0.25) is 4.79 Å². The molecule has 1 saturated heterocycles. The minimum atomic E-state index is -0.220. The second kappa shape index (κ2) is 12.0. The number of guanidine groups is 1. The predicted molar refractivity (Wildman–Crippen MR) is 144 cm³/mol. The van der Waals surface area contributed by atoms with Crippen molar-refractivity contribution < 1.29 is 4.79 Å². The number of nitrogens with one attached hydrogen (secondary N) is 1. The largest absolute Gasteiger partial charge is 0.370 e. The molecule has 2 heterocycles. The fourth-order valence-electron chi connectivity index (χ4n) is 4.38. The van der Waals surface area contributed by atoms with E-state index in [9.17, 15) is 4.79 Å². The topological polar surface area (TPSA) is 88.5 Å². The maximum absolute atomic E-state index is 11.3. The fourth-order valence-corrected chi connectivity index (χ4v) is 4.38. The lowest BCUT2D eigenvalue weighted by Crippen LogP contribution is -2.47. The summed E-state index contributed by atoms with van der Waals surface area (Å²) in [5.74, 6) is 1.00. The standard InChI is InChI=1S/C25H32N6O.HI/c1-2-27-25(30-13-5-6-21(17-30)14-24(26)32)28-15-19-9-11-20(12-10-19)16-31-18-29-22-7-3-4-8-23(22)31;/h3-4,7-12,18,21H,2,5-6,13-17H2,1H3,(H2,26,32)(H,27,28);1H. The number of rotatable bonds is 7. The zero-order chi connectivity index (χ0) is 22.3. The number of aromatic nitrogens is 2. The van der Waals surface area contributed by atoms with Crippen LogP contribution in [0.4, 0.5) is 0 Å². The third kappa shape index (κ3) is 6.69.